The lowest BCUT2D eigenvalue weighted by atomic mass is 9.91. The highest BCUT2D eigenvalue weighted by atomic mass is 16.7. The van der Waals surface area contributed by atoms with Gasteiger partial charge >= 0.3 is 5.97 Å². The molecule has 3 aliphatic rings. The molecule has 2 fully saturated rings. The van der Waals surface area contributed by atoms with Gasteiger partial charge in [0.25, 0.3) is 0 Å². The fraction of sp³-hybridized carbons (Fsp3) is 0.824. The molecule has 0 aromatic heterocycles. The molecule has 2 saturated heterocycles. The van der Waals surface area contributed by atoms with E-state index in [1.165, 1.54) is 64.2 Å². The number of allylic oxidation sites excluding steroid dienone is 2. The standard InChI is InChI=1S/C32H53NO5.C2H6/c1-3-5-7-9-10-12-14-16-28(15-13-11-8-6-4-2)36-30(35)24-29-23-26(33)25-32(37-29)22-21-31(38-32)19-17-27(34)18-20-31;1-2/h17-20,26,28-29H,3-16,21-25,33H2,1-2H3;1-2H3/t26?,28?,29?,32-;/m0./s1. The first-order chi connectivity index (χ1) is 19.4. The minimum atomic E-state index is -0.811. The van der Waals surface area contributed by atoms with Crippen molar-refractivity contribution < 1.29 is 23.8 Å². The fourth-order valence-electron chi connectivity index (χ4n) is 6.19. The summed E-state index contributed by atoms with van der Waals surface area (Å²) in [4.78, 5) is 24.7. The number of carbonyl (C=O) groups is 2. The molecular formula is C34H59NO5. The molecule has 40 heavy (non-hydrogen) atoms. The Hall–Kier alpha value is -1.50. The molecule has 2 heterocycles. The topological polar surface area (TPSA) is 87.9 Å². The third-order valence-corrected chi connectivity index (χ3v) is 8.30. The van der Waals surface area contributed by atoms with Gasteiger partial charge in [-0.25, -0.2) is 0 Å². The number of rotatable bonds is 17. The average Bonchev–Trinajstić information content (AvgIpc) is 3.26. The summed E-state index contributed by atoms with van der Waals surface area (Å²) in [5, 5.41) is 0. The van der Waals surface area contributed by atoms with E-state index in [0.29, 0.717) is 19.3 Å². The fourth-order valence-corrected chi connectivity index (χ4v) is 6.19. The van der Waals surface area contributed by atoms with Gasteiger partial charge in [0.15, 0.2) is 11.6 Å². The van der Waals surface area contributed by atoms with Gasteiger partial charge in [0.2, 0.25) is 0 Å². The van der Waals surface area contributed by atoms with E-state index in [1.54, 1.807) is 12.2 Å². The van der Waals surface area contributed by atoms with E-state index < -0.39 is 11.4 Å². The van der Waals surface area contributed by atoms with Gasteiger partial charge in [-0.1, -0.05) is 91.9 Å². The Labute approximate surface area is 244 Å². The smallest absolute Gasteiger partial charge is 0.308 e. The first-order valence-electron chi connectivity index (χ1n) is 16.6. The molecule has 0 radical (unpaired) electrons. The van der Waals surface area contributed by atoms with Crippen molar-refractivity contribution in [1.82, 2.24) is 0 Å². The van der Waals surface area contributed by atoms with E-state index in [9.17, 15) is 9.59 Å². The molecule has 2 spiro atoms. The van der Waals surface area contributed by atoms with Gasteiger partial charge in [0, 0.05) is 18.9 Å². The highest BCUT2D eigenvalue weighted by molar-refractivity contribution is 6.00. The highest BCUT2D eigenvalue weighted by Gasteiger charge is 2.52. The first kappa shape index (κ1) is 34.7. The largest absolute Gasteiger partial charge is 0.462 e. The molecule has 2 N–H and O–H groups in total. The van der Waals surface area contributed by atoms with Crippen LogP contribution in [0.15, 0.2) is 24.3 Å². The highest BCUT2D eigenvalue weighted by Crippen LogP contribution is 2.47. The number of unbranched alkanes of at least 4 members (excludes halogenated alkanes) is 10. The van der Waals surface area contributed by atoms with Gasteiger partial charge in [-0.2, -0.15) is 0 Å². The van der Waals surface area contributed by atoms with E-state index in [4.69, 9.17) is 19.9 Å². The summed E-state index contributed by atoms with van der Waals surface area (Å²) >= 11 is 0. The summed E-state index contributed by atoms with van der Waals surface area (Å²) in [6.45, 7) is 8.48. The maximum Gasteiger partial charge on any atom is 0.308 e. The summed E-state index contributed by atoms with van der Waals surface area (Å²) < 4.78 is 18.9. The van der Waals surface area contributed by atoms with Gasteiger partial charge in [-0.15, -0.1) is 0 Å². The van der Waals surface area contributed by atoms with Crippen LogP contribution in [0.3, 0.4) is 0 Å². The number of ether oxygens (including phenoxy) is 3. The Balaban J connectivity index is 0.00000274. The Morgan fingerprint density at radius 2 is 1.48 bits per heavy atom. The van der Waals surface area contributed by atoms with Crippen LogP contribution in [-0.4, -0.2) is 41.4 Å². The lowest BCUT2D eigenvalue weighted by Crippen LogP contribution is -2.50. The zero-order valence-electron chi connectivity index (χ0n) is 26.1. The Morgan fingerprint density at radius 3 is 2.05 bits per heavy atom. The number of hydrogen-bond acceptors (Lipinski definition) is 6. The van der Waals surface area contributed by atoms with E-state index in [1.807, 2.05) is 26.0 Å². The minimum absolute atomic E-state index is 0.00737. The maximum atomic E-state index is 13.1. The molecule has 6 heteroatoms. The van der Waals surface area contributed by atoms with Crippen LogP contribution in [0.1, 0.15) is 150 Å². The predicted octanol–water partition coefficient (Wildman–Crippen LogP) is 8.26. The predicted molar refractivity (Wildman–Crippen MR) is 163 cm³/mol. The second-order valence-electron chi connectivity index (χ2n) is 11.9. The van der Waals surface area contributed by atoms with Crippen LogP contribution in [0.2, 0.25) is 0 Å². The van der Waals surface area contributed by atoms with Crippen molar-refractivity contribution in [1.29, 1.82) is 0 Å². The van der Waals surface area contributed by atoms with Gasteiger partial charge in [0.05, 0.1) is 12.5 Å². The second-order valence-corrected chi connectivity index (χ2v) is 11.9. The molecule has 2 aliphatic heterocycles. The molecule has 230 valence electrons. The summed E-state index contributed by atoms with van der Waals surface area (Å²) in [5.74, 6) is -1.02. The summed E-state index contributed by atoms with van der Waals surface area (Å²) in [6.07, 6.45) is 26.1. The zero-order valence-corrected chi connectivity index (χ0v) is 26.1. The van der Waals surface area contributed by atoms with E-state index in [-0.39, 0.29) is 36.4 Å². The van der Waals surface area contributed by atoms with E-state index >= 15 is 0 Å². The molecule has 0 aromatic rings. The van der Waals surface area contributed by atoms with Crippen LogP contribution < -0.4 is 5.73 Å². The summed E-state index contributed by atoms with van der Waals surface area (Å²) in [6, 6.07) is -0.100. The van der Waals surface area contributed by atoms with Crippen LogP contribution in [-0.2, 0) is 23.8 Å². The Bertz CT molecular complexity index is 777. The van der Waals surface area contributed by atoms with Crippen LogP contribution in [0.25, 0.3) is 0 Å². The number of esters is 1. The van der Waals surface area contributed by atoms with Crippen LogP contribution >= 0.6 is 0 Å². The van der Waals surface area contributed by atoms with E-state index in [0.717, 1.165) is 32.1 Å². The van der Waals surface area contributed by atoms with Gasteiger partial charge in [-0.05, 0) is 62.8 Å². The molecule has 0 amide bonds. The minimum Gasteiger partial charge on any atom is -0.462 e. The summed E-state index contributed by atoms with van der Waals surface area (Å²) in [5.41, 5.74) is 5.81. The third kappa shape index (κ3) is 12.2. The maximum absolute atomic E-state index is 13.1. The lowest BCUT2D eigenvalue weighted by Gasteiger charge is -2.42. The van der Waals surface area contributed by atoms with Crippen LogP contribution in [0, 0.1) is 0 Å². The Kier molecular flexibility index (Phi) is 16.3. The second kappa shape index (κ2) is 18.8. The van der Waals surface area contributed by atoms with Crippen molar-refractivity contribution in [3.63, 3.8) is 0 Å². The zero-order chi connectivity index (χ0) is 29.3. The van der Waals surface area contributed by atoms with Crippen molar-refractivity contribution >= 4 is 11.8 Å². The number of carbonyl (C=O) groups excluding carboxylic acids is 2. The quantitative estimate of drug-likeness (QED) is 0.142. The van der Waals surface area contributed by atoms with Gasteiger partial charge < -0.3 is 19.9 Å². The van der Waals surface area contributed by atoms with Crippen LogP contribution in [0.5, 0.6) is 0 Å². The molecular weight excluding hydrogens is 502 g/mol. The molecule has 6 nitrogen and oxygen atoms in total. The molecule has 0 bridgehead atoms. The molecule has 1 aliphatic carbocycles. The molecule has 3 unspecified atom stereocenters. The monoisotopic (exact) mass is 561 g/mol. The van der Waals surface area contributed by atoms with Crippen molar-refractivity contribution in [2.24, 2.45) is 5.73 Å². The molecule has 4 atom stereocenters. The van der Waals surface area contributed by atoms with Crippen molar-refractivity contribution in [2.45, 2.75) is 179 Å². The SMILES string of the molecule is CC.CCCCCCCCCC(CCCCCCC)OC(=O)CC1CC(N)C[C@@]2(CCC3(C=CC(=O)C=C3)O2)O1. The average molecular weight is 562 g/mol. The molecule has 0 aromatic carbocycles. The molecule has 0 saturated carbocycles. The number of hydrogen-bond donors (Lipinski definition) is 1. The number of nitrogens with two attached hydrogens (primary N) is 1. The Morgan fingerprint density at radius 1 is 0.925 bits per heavy atom. The lowest BCUT2D eigenvalue weighted by molar-refractivity contribution is -0.279. The molecule has 3 rings (SSSR count). The van der Waals surface area contributed by atoms with Gasteiger partial charge in [-0.3, -0.25) is 9.59 Å². The first-order valence-corrected chi connectivity index (χ1v) is 16.6. The van der Waals surface area contributed by atoms with Crippen LogP contribution in [0.4, 0.5) is 0 Å². The van der Waals surface area contributed by atoms with Crippen molar-refractivity contribution in [3.8, 4) is 0 Å². The van der Waals surface area contributed by atoms with Crippen molar-refractivity contribution in [2.75, 3.05) is 0 Å². The number of ketones is 1. The summed E-state index contributed by atoms with van der Waals surface area (Å²) in [7, 11) is 0. The van der Waals surface area contributed by atoms with Gasteiger partial charge in [0.1, 0.15) is 11.7 Å². The normalized spacial score (nSPS) is 25.7. The van der Waals surface area contributed by atoms with Crippen molar-refractivity contribution in [3.05, 3.63) is 24.3 Å². The van der Waals surface area contributed by atoms with E-state index in [2.05, 4.69) is 13.8 Å². The third-order valence-electron chi connectivity index (χ3n) is 8.30.